The van der Waals surface area contributed by atoms with Gasteiger partial charge in [-0.15, -0.1) is 0 Å². The molecule has 70 valence electrons. The third-order valence-electron chi connectivity index (χ3n) is 1.39. The standard InChI is InChI=1S/C9H11NO3/c1-12-6-7-13-9(11)8-4-2-3-5-10-8/h2-5H,6-7H2,1H3. The van der Waals surface area contributed by atoms with Crippen molar-refractivity contribution in [1.82, 2.24) is 4.98 Å². The van der Waals surface area contributed by atoms with Gasteiger partial charge in [-0.2, -0.15) is 0 Å². The molecule has 1 aromatic rings. The molecule has 4 heteroatoms. The Morgan fingerprint density at radius 1 is 1.46 bits per heavy atom. The van der Waals surface area contributed by atoms with Gasteiger partial charge in [0, 0.05) is 13.3 Å². The highest BCUT2D eigenvalue weighted by Crippen LogP contribution is 1.95. The van der Waals surface area contributed by atoms with E-state index in [0.717, 1.165) is 0 Å². The predicted octanol–water partition coefficient (Wildman–Crippen LogP) is 0.885. The predicted molar refractivity (Wildman–Crippen MR) is 46.4 cm³/mol. The fourth-order valence-electron chi connectivity index (χ4n) is 0.775. The number of nitrogens with zero attached hydrogens (tertiary/aromatic N) is 1. The lowest BCUT2D eigenvalue weighted by Crippen LogP contribution is -2.10. The van der Waals surface area contributed by atoms with Crippen LogP contribution in [0.15, 0.2) is 24.4 Å². The Morgan fingerprint density at radius 2 is 2.31 bits per heavy atom. The number of hydrogen-bond acceptors (Lipinski definition) is 4. The smallest absolute Gasteiger partial charge is 0.356 e. The minimum Gasteiger partial charge on any atom is -0.459 e. The minimum atomic E-state index is -0.419. The van der Waals surface area contributed by atoms with Crippen LogP contribution in [0, 0.1) is 0 Å². The molecule has 0 bridgehead atoms. The van der Waals surface area contributed by atoms with Gasteiger partial charge in [-0.05, 0) is 12.1 Å². The van der Waals surface area contributed by atoms with E-state index in [4.69, 9.17) is 9.47 Å². The molecule has 1 aromatic heterocycles. The van der Waals surface area contributed by atoms with E-state index in [0.29, 0.717) is 12.3 Å². The van der Waals surface area contributed by atoms with Crippen LogP contribution in [0.4, 0.5) is 0 Å². The SMILES string of the molecule is COCCOC(=O)c1ccccn1. The fraction of sp³-hybridized carbons (Fsp3) is 0.333. The van der Waals surface area contributed by atoms with Crippen LogP contribution in [0.5, 0.6) is 0 Å². The van der Waals surface area contributed by atoms with Crippen molar-refractivity contribution in [2.45, 2.75) is 0 Å². The normalized spacial score (nSPS) is 9.62. The second-order valence-electron chi connectivity index (χ2n) is 2.34. The van der Waals surface area contributed by atoms with E-state index in [1.807, 2.05) is 0 Å². The Balaban J connectivity index is 2.40. The first kappa shape index (κ1) is 9.67. The topological polar surface area (TPSA) is 48.4 Å². The summed E-state index contributed by atoms with van der Waals surface area (Å²) in [5.74, 6) is -0.419. The van der Waals surface area contributed by atoms with Crippen molar-refractivity contribution < 1.29 is 14.3 Å². The average molecular weight is 181 g/mol. The van der Waals surface area contributed by atoms with Crippen molar-refractivity contribution in [2.24, 2.45) is 0 Å². The molecule has 0 aliphatic rings. The fourth-order valence-corrected chi connectivity index (χ4v) is 0.775. The van der Waals surface area contributed by atoms with E-state index >= 15 is 0 Å². The van der Waals surface area contributed by atoms with Gasteiger partial charge in [-0.1, -0.05) is 6.07 Å². The maximum Gasteiger partial charge on any atom is 0.356 e. The van der Waals surface area contributed by atoms with Crippen LogP contribution in [0.2, 0.25) is 0 Å². The molecule has 0 aromatic carbocycles. The van der Waals surface area contributed by atoms with E-state index in [-0.39, 0.29) is 6.61 Å². The zero-order chi connectivity index (χ0) is 9.52. The molecular weight excluding hydrogens is 170 g/mol. The summed E-state index contributed by atoms with van der Waals surface area (Å²) >= 11 is 0. The molecule has 0 spiro atoms. The molecule has 13 heavy (non-hydrogen) atoms. The Labute approximate surface area is 76.5 Å². The molecule has 0 fully saturated rings. The summed E-state index contributed by atoms with van der Waals surface area (Å²) in [4.78, 5) is 15.0. The number of esters is 1. The van der Waals surface area contributed by atoms with Gasteiger partial charge in [0.25, 0.3) is 0 Å². The molecule has 0 atom stereocenters. The van der Waals surface area contributed by atoms with E-state index in [1.54, 1.807) is 31.5 Å². The van der Waals surface area contributed by atoms with Crippen LogP contribution in [0.25, 0.3) is 0 Å². The highest BCUT2D eigenvalue weighted by Gasteiger charge is 2.06. The van der Waals surface area contributed by atoms with Crippen LogP contribution in [0.3, 0.4) is 0 Å². The number of carbonyl (C=O) groups excluding carboxylic acids is 1. The van der Waals surface area contributed by atoms with Crippen LogP contribution >= 0.6 is 0 Å². The zero-order valence-electron chi connectivity index (χ0n) is 7.40. The van der Waals surface area contributed by atoms with Crippen LogP contribution < -0.4 is 0 Å². The molecule has 0 saturated carbocycles. The van der Waals surface area contributed by atoms with E-state index in [9.17, 15) is 4.79 Å². The second kappa shape index (κ2) is 5.27. The van der Waals surface area contributed by atoms with Crippen molar-refractivity contribution in [1.29, 1.82) is 0 Å². The van der Waals surface area contributed by atoms with Crippen LogP contribution in [0.1, 0.15) is 10.5 Å². The second-order valence-corrected chi connectivity index (χ2v) is 2.34. The first-order valence-electron chi connectivity index (χ1n) is 3.91. The molecule has 0 aliphatic carbocycles. The largest absolute Gasteiger partial charge is 0.459 e. The van der Waals surface area contributed by atoms with Crippen molar-refractivity contribution >= 4 is 5.97 Å². The van der Waals surface area contributed by atoms with Gasteiger partial charge in [0.15, 0.2) is 0 Å². The number of pyridine rings is 1. The van der Waals surface area contributed by atoms with Crippen LogP contribution in [-0.4, -0.2) is 31.3 Å². The Bertz CT molecular complexity index is 261. The van der Waals surface area contributed by atoms with E-state index in [2.05, 4.69) is 4.98 Å². The van der Waals surface area contributed by atoms with Crippen molar-refractivity contribution in [2.75, 3.05) is 20.3 Å². The first-order chi connectivity index (χ1) is 6.34. The summed E-state index contributed by atoms with van der Waals surface area (Å²) < 4.78 is 9.57. The molecule has 4 nitrogen and oxygen atoms in total. The lowest BCUT2D eigenvalue weighted by atomic mass is 10.4. The highest BCUT2D eigenvalue weighted by molar-refractivity contribution is 5.87. The number of rotatable bonds is 4. The van der Waals surface area contributed by atoms with Gasteiger partial charge in [-0.3, -0.25) is 0 Å². The summed E-state index contributed by atoms with van der Waals surface area (Å²) in [7, 11) is 1.55. The van der Waals surface area contributed by atoms with Crippen molar-refractivity contribution in [3.8, 4) is 0 Å². The van der Waals surface area contributed by atoms with Crippen LogP contribution in [-0.2, 0) is 9.47 Å². The van der Waals surface area contributed by atoms with Gasteiger partial charge < -0.3 is 9.47 Å². The van der Waals surface area contributed by atoms with Gasteiger partial charge in [0.2, 0.25) is 0 Å². The summed E-state index contributed by atoms with van der Waals surface area (Å²) in [5, 5.41) is 0. The maximum atomic E-state index is 11.2. The first-order valence-corrected chi connectivity index (χ1v) is 3.91. The Hall–Kier alpha value is -1.42. The molecular formula is C9H11NO3. The van der Waals surface area contributed by atoms with Gasteiger partial charge in [0.1, 0.15) is 12.3 Å². The summed E-state index contributed by atoms with van der Waals surface area (Å²) in [6, 6.07) is 5.08. The molecule has 1 rings (SSSR count). The quantitative estimate of drug-likeness (QED) is 0.511. The highest BCUT2D eigenvalue weighted by atomic mass is 16.6. The molecule has 0 aliphatic heterocycles. The molecule has 1 heterocycles. The number of ether oxygens (including phenoxy) is 2. The van der Waals surface area contributed by atoms with Gasteiger partial charge >= 0.3 is 5.97 Å². The third kappa shape index (κ3) is 3.21. The number of methoxy groups -OCH3 is 1. The van der Waals surface area contributed by atoms with Crippen molar-refractivity contribution in [3.63, 3.8) is 0 Å². The third-order valence-corrected chi connectivity index (χ3v) is 1.39. The Morgan fingerprint density at radius 3 is 2.92 bits per heavy atom. The van der Waals surface area contributed by atoms with Gasteiger partial charge in [0.05, 0.1) is 6.61 Å². The number of aromatic nitrogens is 1. The number of carbonyl (C=O) groups is 1. The lowest BCUT2D eigenvalue weighted by Gasteiger charge is -2.02. The van der Waals surface area contributed by atoms with Crippen molar-refractivity contribution in [3.05, 3.63) is 30.1 Å². The lowest BCUT2D eigenvalue weighted by molar-refractivity contribution is 0.0381. The summed E-state index contributed by atoms with van der Waals surface area (Å²) in [6.07, 6.45) is 1.55. The minimum absolute atomic E-state index is 0.256. The average Bonchev–Trinajstić information content (AvgIpc) is 2.19. The molecule has 0 radical (unpaired) electrons. The Kier molecular flexibility index (Phi) is 3.92. The molecule has 0 amide bonds. The van der Waals surface area contributed by atoms with E-state index < -0.39 is 5.97 Å². The zero-order valence-corrected chi connectivity index (χ0v) is 7.40. The maximum absolute atomic E-state index is 11.2. The number of hydrogen-bond donors (Lipinski definition) is 0. The molecule has 0 unspecified atom stereocenters. The summed E-state index contributed by atoms with van der Waals surface area (Å²) in [5.41, 5.74) is 0.318. The van der Waals surface area contributed by atoms with E-state index in [1.165, 1.54) is 0 Å². The molecule has 0 saturated heterocycles. The monoisotopic (exact) mass is 181 g/mol. The summed E-state index contributed by atoms with van der Waals surface area (Å²) in [6.45, 7) is 0.657. The molecule has 0 N–H and O–H groups in total. The van der Waals surface area contributed by atoms with Gasteiger partial charge in [-0.25, -0.2) is 9.78 Å².